The third-order valence-electron chi connectivity index (χ3n) is 4.14. The average molecular weight is 244 g/mol. The van der Waals surface area contributed by atoms with Gasteiger partial charge in [0.25, 0.3) is 0 Å². The third-order valence-corrected chi connectivity index (χ3v) is 4.14. The van der Waals surface area contributed by atoms with E-state index in [4.69, 9.17) is 4.74 Å². The van der Waals surface area contributed by atoms with Crippen LogP contribution in [0.4, 0.5) is 0 Å². The van der Waals surface area contributed by atoms with Crippen LogP contribution >= 0.6 is 0 Å². The van der Waals surface area contributed by atoms with Gasteiger partial charge in [0.15, 0.2) is 0 Å². The van der Waals surface area contributed by atoms with Gasteiger partial charge in [-0.05, 0) is 37.6 Å². The Hall–Kier alpha value is -1.48. The maximum atomic E-state index is 5.31. The summed E-state index contributed by atoms with van der Waals surface area (Å²) in [6, 6.07) is 6.37. The van der Waals surface area contributed by atoms with Crippen LogP contribution in [0.15, 0.2) is 24.4 Å². The van der Waals surface area contributed by atoms with Crippen LogP contribution in [0.5, 0.6) is 5.75 Å². The number of hydrogen-bond acceptors (Lipinski definition) is 2. The highest BCUT2D eigenvalue weighted by molar-refractivity contribution is 5.86. The second-order valence-electron chi connectivity index (χ2n) is 5.35. The van der Waals surface area contributed by atoms with Crippen LogP contribution in [0, 0.1) is 0 Å². The van der Waals surface area contributed by atoms with Crippen molar-refractivity contribution in [3.8, 4) is 5.75 Å². The molecular formula is C15H20N2O. The summed E-state index contributed by atoms with van der Waals surface area (Å²) in [4.78, 5) is 0. The van der Waals surface area contributed by atoms with Crippen LogP contribution in [0.25, 0.3) is 10.9 Å². The summed E-state index contributed by atoms with van der Waals surface area (Å²) in [5, 5.41) is 4.70. The molecule has 3 heteroatoms. The van der Waals surface area contributed by atoms with Gasteiger partial charge in [0, 0.05) is 36.7 Å². The van der Waals surface area contributed by atoms with Gasteiger partial charge in [0.05, 0.1) is 12.6 Å². The lowest BCUT2D eigenvalue weighted by Gasteiger charge is -2.13. The summed E-state index contributed by atoms with van der Waals surface area (Å²) in [5.41, 5.74) is 3.10. The van der Waals surface area contributed by atoms with E-state index < -0.39 is 0 Å². The number of benzene rings is 1. The molecule has 3 nitrogen and oxygen atoms in total. The molecule has 18 heavy (non-hydrogen) atoms. The van der Waals surface area contributed by atoms with E-state index in [1.807, 2.05) is 7.05 Å². The molecule has 1 aromatic carbocycles. The van der Waals surface area contributed by atoms with Crippen LogP contribution < -0.4 is 10.1 Å². The lowest BCUT2D eigenvalue weighted by molar-refractivity contribution is 0.415. The molecule has 0 amide bonds. The quantitative estimate of drug-likeness (QED) is 0.894. The number of nitrogens with zero attached hydrogens (tertiary/aromatic N) is 1. The fourth-order valence-corrected chi connectivity index (χ4v) is 2.94. The monoisotopic (exact) mass is 244 g/mol. The molecule has 1 heterocycles. The van der Waals surface area contributed by atoms with E-state index in [-0.39, 0.29) is 0 Å². The molecule has 0 aliphatic heterocycles. The van der Waals surface area contributed by atoms with Crippen LogP contribution in [0.1, 0.15) is 18.4 Å². The molecule has 1 N–H and O–H groups in total. The highest BCUT2D eigenvalue weighted by Crippen LogP contribution is 2.50. The fourth-order valence-electron chi connectivity index (χ4n) is 2.94. The van der Waals surface area contributed by atoms with E-state index in [1.165, 1.54) is 29.3 Å². The lowest BCUT2D eigenvalue weighted by Crippen LogP contribution is -2.23. The highest BCUT2D eigenvalue weighted by Gasteiger charge is 2.45. The first-order chi connectivity index (χ1) is 8.70. The van der Waals surface area contributed by atoms with E-state index in [0.29, 0.717) is 5.41 Å². The summed E-state index contributed by atoms with van der Waals surface area (Å²) >= 11 is 0. The van der Waals surface area contributed by atoms with Gasteiger partial charge in [-0.15, -0.1) is 0 Å². The molecular weight excluding hydrogens is 224 g/mol. The molecule has 1 aliphatic carbocycles. The summed E-state index contributed by atoms with van der Waals surface area (Å²) in [7, 11) is 5.86. The number of fused-ring (bicyclic) bond motifs is 1. The van der Waals surface area contributed by atoms with Crippen molar-refractivity contribution in [1.29, 1.82) is 0 Å². The summed E-state index contributed by atoms with van der Waals surface area (Å²) in [6.45, 7) is 1.07. The van der Waals surface area contributed by atoms with Gasteiger partial charge in [-0.2, -0.15) is 0 Å². The second-order valence-corrected chi connectivity index (χ2v) is 5.35. The first kappa shape index (κ1) is 11.6. The zero-order valence-corrected chi connectivity index (χ0v) is 11.3. The van der Waals surface area contributed by atoms with Gasteiger partial charge in [0.2, 0.25) is 0 Å². The van der Waals surface area contributed by atoms with Crippen molar-refractivity contribution < 1.29 is 4.74 Å². The average Bonchev–Trinajstić information content (AvgIpc) is 3.09. The van der Waals surface area contributed by atoms with E-state index in [1.54, 1.807) is 7.11 Å². The van der Waals surface area contributed by atoms with Crippen molar-refractivity contribution in [2.24, 2.45) is 7.05 Å². The number of aromatic nitrogens is 1. The normalized spacial score (nSPS) is 17.1. The zero-order chi connectivity index (χ0) is 12.8. The van der Waals surface area contributed by atoms with E-state index in [0.717, 1.165) is 12.3 Å². The highest BCUT2D eigenvalue weighted by atomic mass is 16.5. The van der Waals surface area contributed by atoms with Crippen LogP contribution in [0.3, 0.4) is 0 Å². The molecule has 1 aliphatic rings. The minimum absolute atomic E-state index is 0.364. The van der Waals surface area contributed by atoms with Gasteiger partial charge in [0.1, 0.15) is 5.75 Å². The number of aryl methyl sites for hydroxylation is 1. The van der Waals surface area contributed by atoms with Gasteiger partial charge in [-0.25, -0.2) is 0 Å². The largest absolute Gasteiger partial charge is 0.497 e. The zero-order valence-electron chi connectivity index (χ0n) is 11.3. The maximum absolute atomic E-state index is 5.31. The third kappa shape index (κ3) is 1.62. The van der Waals surface area contributed by atoms with Crippen molar-refractivity contribution in [3.63, 3.8) is 0 Å². The molecule has 1 aromatic heterocycles. The molecule has 1 saturated carbocycles. The number of nitrogens with one attached hydrogen (secondary N) is 1. The Morgan fingerprint density at radius 1 is 1.39 bits per heavy atom. The number of rotatable bonds is 4. The van der Waals surface area contributed by atoms with Gasteiger partial charge in [-0.1, -0.05) is 0 Å². The van der Waals surface area contributed by atoms with E-state index in [9.17, 15) is 0 Å². The van der Waals surface area contributed by atoms with E-state index >= 15 is 0 Å². The lowest BCUT2D eigenvalue weighted by atomic mass is 9.95. The van der Waals surface area contributed by atoms with Gasteiger partial charge >= 0.3 is 0 Å². The molecule has 0 atom stereocenters. The molecule has 0 bridgehead atoms. The first-order valence-corrected chi connectivity index (χ1v) is 6.48. The second kappa shape index (κ2) is 4.02. The topological polar surface area (TPSA) is 26.2 Å². The number of hydrogen-bond donors (Lipinski definition) is 1. The van der Waals surface area contributed by atoms with Crippen molar-refractivity contribution in [2.75, 3.05) is 20.7 Å². The Bertz CT molecular complexity index is 581. The Labute approximate surface area is 108 Å². The summed E-state index contributed by atoms with van der Waals surface area (Å²) < 4.78 is 7.52. The number of methoxy groups -OCH3 is 1. The fraction of sp³-hybridized carbons (Fsp3) is 0.467. The van der Waals surface area contributed by atoms with E-state index in [2.05, 4.69) is 41.3 Å². The van der Waals surface area contributed by atoms with Gasteiger partial charge in [-0.3, -0.25) is 0 Å². The van der Waals surface area contributed by atoms with Crippen LogP contribution in [-0.4, -0.2) is 25.3 Å². The molecule has 0 spiro atoms. The minimum Gasteiger partial charge on any atom is -0.497 e. The smallest absolute Gasteiger partial charge is 0.120 e. The Kier molecular flexibility index (Phi) is 2.59. The maximum Gasteiger partial charge on any atom is 0.120 e. The van der Waals surface area contributed by atoms with Crippen LogP contribution in [-0.2, 0) is 12.5 Å². The Morgan fingerprint density at radius 3 is 2.78 bits per heavy atom. The molecule has 0 saturated heterocycles. The number of likely N-dealkylation sites (N-methyl/N-ethyl adjacent to an activating group) is 1. The van der Waals surface area contributed by atoms with Crippen molar-refractivity contribution in [1.82, 2.24) is 9.88 Å². The molecule has 3 rings (SSSR count). The summed E-state index contributed by atoms with van der Waals surface area (Å²) in [6.07, 6.45) is 4.87. The molecule has 0 radical (unpaired) electrons. The van der Waals surface area contributed by atoms with Crippen molar-refractivity contribution in [3.05, 3.63) is 30.0 Å². The Balaban J connectivity index is 2.14. The van der Waals surface area contributed by atoms with Crippen LogP contribution in [0.2, 0.25) is 0 Å². The predicted octanol–water partition coefficient (Wildman–Crippen LogP) is 2.44. The van der Waals surface area contributed by atoms with Gasteiger partial charge < -0.3 is 14.6 Å². The molecule has 0 unspecified atom stereocenters. The Morgan fingerprint density at radius 2 is 2.17 bits per heavy atom. The van der Waals surface area contributed by atoms with Crippen molar-refractivity contribution in [2.45, 2.75) is 18.3 Å². The first-order valence-electron chi connectivity index (χ1n) is 6.48. The summed E-state index contributed by atoms with van der Waals surface area (Å²) in [5.74, 6) is 0.925. The SMILES string of the molecule is CNCC1(c2cn(C)c3cc(OC)ccc23)CC1. The standard InChI is InChI=1S/C15H20N2O/c1-16-10-15(6-7-15)13-9-17(2)14-8-11(18-3)4-5-12(13)14/h4-5,8-9,16H,6-7,10H2,1-3H3. The predicted molar refractivity (Wildman–Crippen MR) is 74.3 cm³/mol. The number of ether oxygens (including phenoxy) is 1. The van der Waals surface area contributed by atoms with Crippen molar-refractivity contribution >= 4 is 10.9 Å². The molecule has 2 aromatic rings. The minimum atomic E-state index is 0.364. The molecule has 96 valence electrons. The molecule has 1 fully saturated rings.